The Kier molecular flexibility index (Phi) is 12.5. The van der Waals surface area contributed by atoms with Crippen LogP contribution in [0.25, 0.3) is 0 Å². The van der Waals surface area contributed by atoms with Gasteiger partial charge in [-0.05, 0) is 36.2 Å². The Morgan fingerprint density at radius 3 is 2.21 bits per heavy atom. The summed E-state index contributed by atoms with van der Waals surface area (Å²) in [5, 5.41) is 3.56. The lowest BCUT2D eigenvalue weighted by atomic mass is 10.0. The molecule has 1 N–H and O–H groups in total. The molecule has 3 rings (SSSR count). The maximum Gasteiger partial charge on any atom is 0.244 e. The van der Waals surface area contributed by atoms with E-state index in [1.165, 1.54) is 31.3 Å². The van der Waals surface area contributed by atoms with Gasteiger partial charge >= 0.3 is 0 Å². The molecule has 0 aliphatic heterocycles. The molecular weight excluding hydrogens is 613 g/mol. The van der Waals surface area contributed by atoms with Crippen LogP contribution >= 0.6 is 23.2 Å². The Morgan fingerprint density at radius 1 is 0.953 bits per heavy atom. The van der Waals surface area contributed by atoms with Gasteiger partial charge in [0.25, 0.3) is 0 Å². The first kappa shape index (κ1) is 34.0. The summed E-state index contributed by atoms with van der Waals surface area (Å²) in [6.45, 7) is 1.69. The monoisotopic (exact) mass is 649 g/mol. The summed E-state index contributed by atoms with van der Waals surface area (Å²) < 4.78 is 37.8. The van der Waals surface area contributed by atoms with E-state index in [1.807, 2.05) is 37.3 Å². The highest BCUT2D eigenvalue weighted by Gasteiger charge is 2.34. The van der Waals surface area contributed by atoms with E-state index >= 15 is 0 Å². The molecule has 43 heavy (non-hydrogen) atoms. The number of rotatable bonds is 15. The van der Waals surface area contributed by atoms with Gasteiger partial charge in [0.15, 0.2) is 0 Å². The maximum absolute atomic E-state index is 14.3. The van der Waals surface area contributed by atoms with Gasteiger partial charge in [-0.1, -0.05) is 72.9 Å². The molecule has 0 heterocycles. The molecule has 232 valence electrons. The molecule has 0 aromatic heterocycles. The molecule has 2 amide bonds. The third-order valence-corrected chi connectivity index (χ3v) is 8.66. The summed E-state index contributed by atoms with van der Waals surface area (Å²) in [6, 6.07) is 17.8. The average molecular weight is 651 g/mol. The first-order chi connectivity index (χ1) is 20.5. The Morgan fingerprint density at radius 2 is 1.63 bits per heavy atom. The molecule has 3 aromatic carbocycles. The number of amides is 2. The molecule has 12 heteroatoms. The molecule has 0 aliphatic carbocycles. The van der Waals surface area contributed by atoms with E-state index in [2.05, 4.69) is 5.32 Å². The average Bonchev–Trinajstić information content (AvgIpc) is 2.98. The molecular formula is C31H37Cl2N3O6S. The molecule has 1 atom stereocenters. The Bertz CT molecular complexity index is 1480. The van der Waals surface area contributed by atoms with Gasteiger partial charge < -0.3 is 19.7 Å². The Balaban J connectivity index is 2.12. The second kappa shape index (κ2) is 15.8. The van der Waals surface area contributed by atoms with Gasteiger partial charge in [0.1, 0.15) is 24.1 Å². The fourth-order valence-corrected chi connectivity index (χ4v) is 5.87. The summed E-state index contributed by atoms with van der Waals surface area (Å²) in [5.41, 5.74) is 1.39. The molecule has 0 saturated heterocycles. The lowest BCUT2D eigenvalue weighted by Crippen LogP contribution is -2.53. The van der Waals surface area contributed by atoms with Crippen LogP contribution in [0.1, 0.15) is 30.9 Å². The predicted molar refractivity (Wildman–Crippen MR) is 171 cm³/mol. The zero-order valence-electron chi connectivity index (χ0n) is 24.7. The summed E-state index contributed by atoms with van der Waals surface area (Å²) in [5.74, 6) is -0.369. The second-order valence-electron chi connectivity index (χ2n) is 9.88. The minimum Gasteiger partial charge on any atom is -0.497 e. The number of carbonyl (C=O) groups excluding carboxylic acids is 2. The number of carbonyl (C=O) groups is 2. The normalized spacial score (nSPS) is 11.9. The van der Waals surface area contributed by atoms with E-state index in [9.17, 15) is 18.0 Å². The molecule has 0 saturated carbocycles. The molecule has 0 aliphatic rings. The third-order valence-electron chi connectivity index (χ3n) is 6.83. The number of anilines is 1. The van der Waals surface area contributed by atoms with Crippen molar-refractivity contribution in [2.75, 3.05) is 37.9 Å². The van der Waals surface area contributed by atoms with E-state index in [1.54, 1.807) is 24.3 Å². The third kappa shape index (κ3) is 9.26. The second-order valence-corrected chi connectivity index (χ2v) is 12.6. The van der Waals surface area contributed by atoms with E-state index in [0.29, 0.717) is 27.9 Å². The van der Waals surface area contributed by atoms with E-state index < -0.39 is 28.5 Å². The van der Waals surface area contributed by atoms with Crippen LogP contribution < -0.4 is 19.1 Å². The van der Waals surface area contributed by atoms with Crippen LogP contribution in [-0.2, 0) is 32.6 Å². The number of unbranched alkanes of at least 4 members (excludes halogenated alkanes) is 1. The van der Waals surface area contributed by atoms with Crippen molar-refractivity contribution in [2.45, 2.75) is 38.8 Å². The van der Waals surface area contributed by atoms with Crippen LogP contribution in [0.4, 0.5) is 5.69 Å². The smallest absolute Gasteiger partial charge is 0.244 e. The van der Waals surface area contributed by atoms with Crippen LogP contribution in [0.5, 0.6) is 11.5 Å². The number of methoxy groups -OCH3 is 2. The van der Waals surface area contributed by atoms with Gasteiger partial charge in [0.05, 0.1) is 26.2 Å². The summed E-state index contributed by atoms with van der Waals surface area (Å²) in [4.78, 5) is 29.3. The van der Waals surface area contributed by atoms with Gasteiger partial charge in [0.2, 0.25) is 21.8 Å². The van der Waals surface area contributed by atoms with Crippen molar-refractivity contribution < 1.29 is 27.5 Å². The maximum atomic E-state index is 14.3. The fraction of sp³-hybridized carbons (Fsp3) is 0.355. The molecule has 0 fully saturated rings. The highest BCUT2D eigenvalue weighted by atomic mass is 35.5. The van der Waals surface area contributed by atoms with Crippen molar-refractivity contribution in [2.24, 2.45) is 0 Å². The minimum atomic E-state index is -4.00. The predicted octanol–water partition coefficient (Wildman–Crippen LogP) is 5.33. The van der Waals surface area contributed by atoms with Crippen molar-refractivity contribution in [3.05, 3.63) is 87.9 Å². The van der Waals surface area contributed by atoms with Crippen LogP contribution in [0.15, 0.2) is 66.7 Å². The number of hydrogen-bond donors (Lipinski definition) is 1. The van der Waals surface area contributed by atoms with Crippen LogP contribution in [-0.4, -0.2) is 64.7 Å². The number of nitrogens with zero attached hydrogens (tertiary/aromatic N) is 2. The van der Waals surface area contributed by atoms with Crippen molar-refractivity contribution in [1.82, 2.24) is 10.2 Å². The summed E-state index contributed by atoms with van der Waals surface area (Å²) in [7, 11) is -1.13. The molecule has 0 bridgehead atoms. The Hall–Kier alpha value is -3.47. The van der Waals surface area contributed by atoms with Crippen LogP contribution in [0.2, 0.25) is 10.0 Å². The number of hydrogen-bond acceptors (Lipinski definition) is 6. The lowest BCUT2D eigenvalue weighted by Gasteiger charge is -2.34. The fourth-order valence-electron chi connectivity index (χ4n) is 4.50. The minimum absolute atomic E-state index is 0.132. The van der Waals surface area contributed by atoms with Crippen LogP contribution in [0, 0.1) is 0 Å². The Labute approximate surface area is 263 Å². The number of halogens is 2. The van der Waals surface area contributed by atoms with E-state index in [4.69, 9.17) is 32.7 Å². The highest BCUT2D eigenvalue weighted by molar-refractivity contribution is 7.92. The van der Waals surface area contributed by atoms with Crippen molar-refractivity contribution in [3.63, 3.8) is 0 Å². The van der Waals surface area contributed by atoms with Gasteiger partial charge in [-0.2, -0.15) is 0 Å². The molecule has 1 unspecified atom stereocenters. The zero-order chi connectivity index (χ0) is 31.6. The zero-order valence-corrected chi connectivity index (χ0v) is 27.0. The molecule has 0 radical (unpaired) electrons. The van der Waals surface area contributed by atoms with Crippen molar-refractivity contribution >= 4 is 50.7 Å². The molecule has 3 aromatic rings. The van der Waals surface area contributed by atoms with E-state index in [0.717, 1.165) is 29.0 Å². The van der Waals surface area contributed by atoms with Gasteiger partial charge in [0, 0.05) is 41.2 Å². The largest absolute Gasteiger partial charge is 0.497 e. The van der Waals surface area contributed by atoms with Crippen LogP contribution in [0.3, 0.4) is 0 Å². The van der Waals surface area contributed by atoms with E-state index in [-0.39, 0.29) is 30.3 Å². The highest BCUT2D eigenvalue weighted by Crippen LogP contribution is 2.34. The standard InChI is InChI=1S/C31H37Cl2N3O6S/c1-5-6-17-34-31(38)28(18-22-11-8-7-9-12-22)35(20-24-25(32)13-10-14-26(24)33)30(37)21-36(43(4,39)40)27-16-15-23(41-2)19-29(27)42-3/h7-16,19,28H,5-6,17-18,20-21H2,1-4H3,(H,34,38). The van der Waals surface area contributed by atoms with Gasteiger partial charge in [-0.25, -0.2) is 8.42 Å². The van der Waals surface area contributed by atoms with Gasteiger partial charge in [-0.3, -0.25) is 13.9 Å². The number of sulfonamides is 1. The van der Waals surface area contributed by atoms with Crippen molar-refractivity contribution in [3.8, 4) is 11.5 Å². The van der Waals surface area contributed by atoms with Gasteiger partial charge in [-0.15, -0.1) is 0 Å². The molecule has 9 nitrogen and oxygen atoms in total. The number of nitrogens with one attached hydrogen (secondary N) is 1. The first-order valence-corrected chi connectivity index (χ1v) is 16.3. The topological polar surface area (TPSA) is 105 Å². The SMILES string of the molecule is CCCCNC(=O)C(Cc1ccccc1)N(Cc1c(Cl)cccc1Cl)C(=O)CN(c1ccc(OC)cc1OC)S(C)(=O)=O. The summed E-state index contributed by atoms with van der Waals surface area (Å²) >= 11 is 13.0. The number of ether oxygens (including phenoxy) is 2. The van der Waals surface area contributed by atoms with Crippen molar-refractivity contribution in [1.29, 1.82) is 0 Å². The molecule has 0 spiro atoms. The first-order valence-electron chi connectivity index (χ1n) is 13.7. The lowest BCUT2D eigenvalue weighted by molar-refractivity contribution is -0.140. The quantitative estimate of drug-likeness (QED) is 0.223. The number of benzene rings is 3. The summed E-state index contributed by atoms with van der Waals surface area (Å²) in [6.07, 6.45) is 2.80.